The molecule has 2 aromatic carbocycles. The van der Waals surface area contributed by atoms with Crippen molar-refractivity contribution in [3.05, 3.63) is 57.5 Å². The van der Waals surface area contributed by atoms with Crippen molar-refractivity contribution < 1.29 is 9.53 Å². The third kappa shape index (κ3) is 5.04. The Morgan fingerprint density at radius 3 is 2.81 bits per heavy atom. The maximum Gasteiger partial charge on any atom is 0.250 e. The molecule has 4 nitrogen and oxygen atoms in total. The van der Waals surface area contributed by atoms with Gasteiger partial charge in [0.1, 0.15) is 6.61 Å². The predicted molar refractivity (Wildman–Crippen MR) is 88.3 cm³/mol. The number of halogens is 2. The zero-order chi connectivity index (χ0) is 15.2. The summed E-state index contributed by atoms with van der Waals surface area (Å²) in [6.07, 6.45) is 0. The van der Waals surface area contributed by atoms with Crippen LogP contribution in [0.25, 0.3) is 0 Å². The van der Waals surface area contributed by atoms with Crippen LogP contribution in [-0.2, 0) is 16.1 Å². The average Bonchev–Trinajstić information content (AvgIpc) is 2.42. The first-order valence-corrected chi connectivity index (χ1v) is 7.39. The number of benzene rings is 2. The fraction of sp³-hybridized carbons (Fsp3) is 0.133. The second-order valence-electron chi connectivity index (χ2n) is 4.40. The number of carbonyl (C=O) groups excluding carboxylic acids is 1. The smallest absolute Gasteiger partial charge is 0.250 e. The Morgan fingerprint density at radius 2 is 2.10 bits per heavy atom. The van der Waals surface area contributed by atoms with Crippen LogP contribution in [0.2, 0.25) is 5.02 Å². The van der Waals surface area contributed by atoms with Crippen LogP contribution in [0.15, 0.2) is 46.9 Å². The molecule has 0 atom stereocenters. The van der Waals surface area contributed by atoms with E-state index in [0.717, 1.165) is 10.0 Å². The molecule has 0 spiro atoms. The summed E-state index contributed by atoms with van der Waals surface area (Å²) in [4.78, 5) is 11.8. The fourth-order valence-corrected chi connectivity index (χ4v) is 2.35. The molecule has 21 heavy (non-hydrogen) atoms. The summed E-state index contributed by atoms with van der Waals surface area (Å²) in [5.74, 6) is -0.265. The van der Waals surface area contributed by atoms with E-state index in [4.69, 9.17) is 22.1 Å². The molecule has 0 unspecified atom stereocenters. The van der Waals surface area contributed by atoms with Crippen LogP contribution in [0.5, 0.6) is 0 Å². The van der Waals surface area contributed by atoms with Gasteiger partial charge in [-0.1, -0.05) is 39.7 Å². The number of carbonyl (C=O) groups is 1. The van der Waals surface area contributed by atoms with E-state index in [9.17, 15) is 4.79 Å². The molecule has 0 aromatic heterocycles. The molecule has 3 N–H and O–H groups in total. The summed E-state index contributed by atoms with van der Waals surface area (Å²) in [5.41, 5.74) is 7.69. The van der Waals surface area contributed by atoms with E-state index < -0.39 is 0 Å². The number of ether oxygens (including phenoxy) is 1. The predicted octanol–water partition coefficient (Wildman–Crippen LogP) is 3.84. The number of nitrogens with one attached hydrogen (secondary N) is 1. The molecule has 0 bridgehead atoms. The van der Waals surface area contributed by atoms with Gasteiger partial charge < -0.3 is 15.8 Å². The Labute approximate surface area is 136 Å². The SMILES string of the molecule is Nc1cc(Cl)ccc1NC(=O)COCc1cccc(Br)c1. The van der Waals surface area contributed by atoms with Crippen LogP contribution in [0.4, 0.5) is 11.4 Å². The molecule has 0 saturated carbocycles. The van der Waals surface area contributed by atoms with Crippen molar-refractivity contribution in [3.8, 4) is 0 Å². The van der Waals surface area contributed by atoms with Crippen LogP contribution in [0.1, 0.15) is 5.56 Å². The van der Waals surface area contributed by atoms with Gasteiger partial charge in [-0.3, -0.25) is 4.79 Å². The molecule has 0 aliphatic heterocycles. The summed E-state index contributed by atoms with van der Waals surface area (Å²) >= 11 is 9.18. The first-order chi connectivity index (χ1) is 10.0. The standard InChI is InChI=1S/C15H14BrClN2O2/c16-11-3-1-2-10(6-11)8-21-9-15(20)19-14-5-4-12(17)7-13(14)18/h1-7H,8-9,18H2,(H,19,20). The highest BCUT2D eigenvalue weighted by Crippen LogP contribution is 2.22. The highest BCUT2D eigenvalue weighted by atomic mass is 79.9. The fourth-order valence-electron chi connectivity index (χ4n) is 1.72. The maximum atomic E-state index is 11.8. The lowest BCUT2D eigenvalue weighted by atomic mass is 10.2. The lowest BCUT2D eigenvalue weighted by Crippen LogP contribution is -2.19. The van der Waals surface area contributed by atoms with Gasteiger partial charge in [-0.15, -0.1) is 0 Å². The van der Waals surface area contributed by atoms with Crippen molar-refractivity contribution in [1.82, 2.24) is 0 Å². The highest BCUT2D eigenvalue weighted by molar-refractivity contribution is 9.10. The maximum absolute atomic E-state index is 11.8. The van der Waals surface area contributed by atoms with Gasteiger partial charge in [0.05, 0.1) is 18.0 Å². The van der Waals surface area contributed by atoms with E-state index in [1.807, 2.05) is 24.3 Å². The summed E-state index contributed by atoms with van der Waals surface area (Å²) in [5, 5.41) is 3.20. The average molecular weight is 370 g/mol. The first-order valence-electron chi connectivity index (χ1n) is 6.21. The molecule has 110 valence electrons. The Balaban J connectivity index is 1.82. The number of anilines is 2. The number of hydrogen-bond donors (Lipinski definition) is 2. The van der Waals surface area contributed by atoms with E-state index >= 15 is 0 Å². The Kier molecular flexibility index (Phi) is 5.61. The molecule has 0 radical (unpaired) electrons. The summed E-state index contributed by atoms with van der Waals surface area (Å²) < 4.78 is 6.35. The van der Waals surface area contributed by atoms with E-state index in [2.05, 4.69) is 21.2 Å². The van der Waals surface area contributed by atoms with Crippen LogP contribution < -0.4 is 11.1 Å². The van der Waals surface area contributed by atoms with E-state index in [1.165, 1.54) is 0 Å². The van der Waals surface area contributed by atoms with Gasteiger partial charge in [-0.05, 0) is 35.9 Å². The van der Waals surface area contributed by atoms with Gasteiger partial charge in [-0.25, -0.2) is 0 Å². The number of nitrogens with two attached hydrogens (primary N) is 1. The molecule has 2 aromatic rings. The van der Waals surface area contributed by atoms with Crippen LogP contribution in [0.3, 0.4) is 0 Å². The van der Waals surface area contributed by atoms with E-state index in [0.29, 0.717) is 23.0 Å². The lowest BCUT2D eigenvalue weighted by molar-refractivity contribution is -0.121. The monoisotopic (exact) mass is 368 g/mol. The quantitative estimate of drug-likeness (QED) is 0.787. The molecule has 6 heteroatoms. The molecular weight excluding hydrogens is 356 g/mol. The summed E-state index contributed by atoms with van der Waals surface area (Å²) in [6, 6.07) is 12.6. The molecule has 0 aliphatic rings. The Hall–Kier alpha value is -1.56. The summed E-state index contributed by atoms with van der Waals surface area (Å²) in [6.45, 7) is 0.317. The second-order valence-corrected chi connectivity index (χ2v) is 5.75. The molecule has 0 fully saturated rings. The largest absolute Gasteiger partial charge is 0.397 e. The third-order valence-corrected chi connectivity index (χ3v) is 3.41. The molecule has 0 saturated heterocycles. The first kappa shape index (κ1) is 15.8. The molecule has 0 aliphatic carbocycles. The van der Waals surface area contributed by atoms with Gasteiger partial charge in [0.25, 0.3) is 0 Å². The molecular formula is C15H14BrClN2O2. The van der Waals surface area contributed by atoms with Gasteiger partial charge in [0.15, 0.2) is 0 Å². The van der Waals surface area contributed by atoms with Crippen molar-refractivity contribution in [2.45, 2.75) is 6.61 Å². The zero-order valence-electron chi connectivity index (χ0n) is 11.1. The van der Waals surface area contributed by atoms with Crippen LogP contribution in [0, 0.1) is 0 Å². The van der Waals surface area contributed by atoms with Gasteiger partial charge in [-0.2, -0.15) is 0 Å². The zero-order valence-corrected chi connectivity index (χ0v) is 13.4. The topological polar surface area (TPSA) is 64.3 Å². The van der Waals surface area contributed by atoms with Crippen molar-refractivity contribution >= 4 is 44.8 Å². The van der Waals surface area contributed by atoms with Crippen molar-refractivity contribution in [2.75, 3.05) is 17.7 Å². The van der Waals surface area contributed by atoms with E-state index in [1.54, 1.807) is 18.2 Å². The Bertz CT molecular complexity index is 649. The number of nitrogen functional groups attached to an aromatic ring is 1. The van der Waals surface area contributed by atoms with Gasteiger partial charge in [0.2, 0.25) is 5.91 Å². The summed E-state index contributed by atoms with van der Waals surface area (Å²) in [7, 11) is 0. The minimum absolute atomic E-state index is 0.0470. The van der Waals surface area contributed by atoms with Crippen molar-refractivity contribution in [3.63, 3.8) is 0 Å². The normalized spacial score (nSPS) is 10.4. The molecule has 2 rings (SSSR count). The van der Waals surface area contributed by atoms with Gasteiger partial charge >= 0.3 is 0 Å². The number of amides is 1. The Morgan fingerprint density at radius 1 is 1.29 bits per heavy atom. The van der Waals surface area contributed by atoms with Gasteiger partial charge in [0, 0.05) is 9.50 Å². The van der Waals surface area contributed by atoms with E-state index in [-0.39, 0.29) is 12.5 Å². The lowest BCUT2D eigenvalue weighted by Gasteiger charge is -2.09. The van der Waals surface area contributed by atoms with Crippen LogP contribution >= 0.6 is 27.5 Å². The molecule has 0 heterocycles. The minimum Gasteiger partial charge on any atom is -0.397 e. The minimum atomic E-state index is -0.265. The number of hydrogen-bond acceptors (Lipinski definition) is 3. The number of rotatable bonds is 5. The van der Waals surface area contributed by atoms with Crippen molar-refractivity contribution in [1.29, 1.82) is 0 Å². The second kappa shape index (κ2) is 7.45. The van der Waals surface area contributed by atoms with Crippen LogP contribution in [-0.4, -0.2) is 12.5 Å². The molecule has 1 amide bonds. The third-order valence-electron chi connectivity index (χ3n) is 2.68. The highest BCUT2D eigenvalue weighted by Gasteiger charge is 2.06. The van der Waals surface area contributed by atoms with Crippen molar-refractivity contribution in [2.24, 2.45) is 0 Å².